The number of allylic oxidation sites excluding steroid dienone is 4. The Kier molecular flexibility index (Phi) is 6.19. The van der Waals surface area contributed by atoms with Gasteiger partial charge in [-0.25, -0.2) is 0 Å². The van der Waals surface area contributed by atoms with Crippen LogP contribution in [0.1, 0.15) is 31.4 Å². The molecule has 1 fully saturated rings. The van der Waals surface area contributed by atoms with Crippen molar-refractivity contribution < 1.29 is 9.90 Å². The summed E-state index contributed by atoms with van der Waals surface area (Å²) >= 11 is 0. The Morgan fingerprint density at radius 1 is 1.35 bits per heavy atom. The van der Waals surface area contributed by atoms with Crippen LogP contribution >= 0.6 is 0 Å². The van der Waals surface area contributed by atoms with E-state index >= 15 is 0 Å². The molecule has 0 spiro atoms. The molecule has 0 aromatic heterocycles. The van der Waals surface area contributed by atoms with Crippen LogP contribution in [-0.4, -0.2) is 29.1 Å². The monoisotopic (exact) mass is 309 g/mol. The maximum atomic E-state index is 11.7. The maximum Gasteiger partial charge on any atom is 0.325 e. The van der Waals surface area contributed by atoms with Gasteiger partial charge >= 0.3 is 5.97 Å². The predicted molar refractivity (Wildman–Crippen MR) is 92.8 cm³/mol. The molecular formula is C20H23NO2. The third-order valence-electron chi connectivity index (χ3n) is 4.32. The molecule has 1 aliphatic rings. The van der Waals surface area contributed by atoms with Gasteiger partial charge in [0.15, 0.2) is 0 Å². The zero-order valence-corrected chi connectivity index (χ0v) is 13.5. The van der Waals surface area contributed by atoms with E-state index in [0.29, 0.717) is 5.92 Å². The second-order valence-electron chi connectivity index (χ2n) is 5.75. The minimum Gasteiger partial charge on any atom is -0.480 e. The SMILES string of the molecule is C#CC(=CC=CC)C1CCN(C(C(=O)O)c2ccccc2)CC1. The van der Waals surface area contributed by atoms with Gasteiger partial charge in [-0.1, -0.05) is 54.5 Å². The summed E-state index contributed by atoms with van der Waals surface area (Å²) < 4.78 is 0. The van der Waals surface area contributed by atoms with E-state index in [1.54, 1.807) is 0 Å². The molecule has 23 heavy (non-hydrogen) atoms. The molecule has 1 atom stereocenters. The largest absolute Gasteiger partial charge is 0.480 e. The molecular weight excluding hydrogens is 286 g/mol. The van der Waals surface area contributed by atoms with E-state index in [0.717, 1.165) is 37.1 Å². The fourth-order valence-corrected chi connectivity index (χ4v) is 3.12. The molecule has 1 unspecified atom stereocenters. The van der Waals surface area contributed by atoms with E-state index in [2.05, 4.69) is 5.92 Å². The number of aliphatic carboxylic acids is 1. The summed E-state index contributed by atoms with van der Waals surface area (Å²) in [7, 11) is 0. The summed E-state index contributed by atoms with van der Waals surface area (Å²) in [5.41, 5.74) is 1.84. The minimum atomic E-state index is -0.795. The van der Waals surface area contributed by atoms with E-state index in [9.17, 15) is 9.90 Å². The van der Waals surface area contributed by atoms with Crippen molar-refractivity contribution in [1.82, 2.24) is 4.90 Å². The summed E-state index contributed by atoms with van der Waals surface area (Å²) in [4.78, 5) is 13.8. The molecule has 0 radical (unpaired) electrons. The van der Waals surface area contributed by atoms with Gasteiger partial charge in [-0.15, -0.1) is 6.42 Å². The fourth-order valence-electron chi connectivity index (χ4n) is 3.12. The van der Waals surface area contributed by atoms with E-state index < -0.39 is 12.0 Å². The van der Waals surface area contributed by atoms with Crippen LogP contribution in [0.2, 0.25) is 0 Å². The normalized spacial score (nSPS) is 18.7. The molecule has 0 amide bonds. The Balaban J connectivity index is 2.08. The lowest BCUT2D eigenvalue weighted by Gasteiger charge is -2.36. The van der Waals surface area contributed by atoms with Crippen molar-refractivity contribution in [3.05, 3.63) is 59.7 Å². The molecule has 1 heterocycles. The third-order valence-corrected chi connectivity index (χ3v) is 4.32. The van der Waals surface area contributed by atoms with Crippen molar-refractivity contribution in [2.45, 2.75) is 25.8 Å². The highest BCUT2D eigenvalue weighted by Crippen LogP contribution is 2.30. The minimum absolute atomic E-state index is 0.345. The number of piperidine rings is 1. The lowest BCUT2D eigenvalue weighted by atomic mass is 9.88. The highest BCUT2D eigenvalue weighted by molar-refractivity contribution is 5.75. The Hall–Kier alpha value is -2.31. The number of carbonyl (C=O) groups is 1. The van der Waals surface area contributed by atoms with Crippen LogP contribution in [0.3, 0.4) is 0 Å². The molecule has 1 N–H and O–H groups in total. The van der Waals surface area contributed by atoms with Gasteiger partial charge < -0.3 is 5.11 Å². The van der Waals surface area contributed by atoms with E-state index in [-0.39, 0.29) is 0 Å². The Morgan fingerprint density at radius 2 is 2.00 bits per heavy atom. The Bertz CT molecular complexity index is 617. The van der Waals surface area contributed by atoms with Crippen LogP contribution in [0.5, 0.6) is 0 Å². The van der Waals surface area contributed by atoms with Gasteiger partial charge in [0.1, 0.15) is 6.04 Å². The number of carboxylic acid groups (broad SMARTS) is 1. The second-order valence-corrected chi connectivity index (χ2v) is 5.75. The average Bonchev–Trinajstić information content (AvgIpc) is 2.57. The highest BCUT2D eigenvalue weighted by atomic mass is 16.4. The van der Waals surface area contributed by atoms with Gasteiger partial charge in [-0.05, 0) is 44.3 Å². The van der Waals surface area contributed by atoms with Gasteiger partial charge in [0.25, 0.3) is 0 Å². The lowest BCUT2D eigenvalue weighted by Crippen LogP contribution is -2.40. The molecule has 0 saturated carbocycles. The standard InChI is InChI=1S/C20H23NO2/c1-3-5-9-16(4-2)17-12-14-21(15-13-17)19(20(22)23)18-10-7-6-8-11-18/h2-3,5-11,17,19H,12-15H2,1H3,(H,22,23). The van der Waals surface area contributed by atoms with Crippen molar-refractivity contribution in [1.29, 1.82) is 0 Å². The number of carboxylic acids is 1. The van der Waals surface area contributed by atoms with Gasteiger partial charge in [0.2, 0.25) is 0 Å². The van der Waals surface area contributed by atoms with E-state index in [1.165, 1.54) is 0 Å². The van der Waals surface area contributed by atoms with Gasteiger partial charge in [0.05, 0.1) is 0 Å². The molecule has 1 aromatic carbocycles. The van der Waals surface area contributed by atoms with Crippen molar-refractivity contribution in [3.8, 4) is 12.3 Å². The molecule has 120 valence electrons. The van der Waals surface area contributed by atoms with Crippen LogP contribution in [0.4, 0.5) is 0 Å². The molecule has 2 rings (SSSR count). The zero-order valence-electron chi connectivity index (χ0n) is 13.5. The lowest BCUT2D eigenvalue weighted by molar-refractivity contribution is -0.144. The van der Waals surface area contributed by atoms with Gasteiger partial charge in [0, 0.05) is 5.57 Å². The van der Waals surface area contributed by atoms with Gasteiger partial charge in [-0.2, -0.15) is 0 Å². The first-order chi connectivity index (χ1) is 11.2. The topological polar surface area (TPSA) is 40.5 Å². The smallest absolute Gasteiger partial charge is 0.325 e. The first kappa shape index (κ1) is 17.1. The summed E-state index contributed by atoms with van der Waals surface area (Å²) in [5, 5.41) is 9.62. The summed E-state index contributed by atoms with van der Waals surface area (Å²) in [6, 6.07) is 8.85. The molecule has 0 bridgehead atoms. The van der Waals surface area contributed by atoms with Crippen molar-refractivity contribution >= 4 is 5.97 Å². The Morgan fingerprint density at radius 3 is 2.52 bits per heavy atom. The molecule has 1 aliphatic heterocycles. The van der Waals surface area contributed by atoms with Crippen LogP contribution in [-0.2, 0) is 4.79 Å². The number of benzene rings is 1. The van der Waals surface area contributed by atoms with Crippen LogP contribution < -0.4 is 0 Å². The maximum absolute atomic E-state index is 11.7. The highest BCUT2D eigenvalue weighted by Gasteiger charge is 2.31. The molecule has 3 nitrogen and oxygen atoms in total. The summed E-state index contributed by atoms with van der Waals surface area (Å²) in [6.07, 6.45) is 13.3. The molecule has 3 heteroatoms. The molecule has 1 saturated heterocycles. The number of terminal acetylenes is 1. The first-order valence-corrected chi connectivity index (χ1v) is 7.98. The van der Waals surface area contributed by atoms with Crippen LogP contribution in [0, 0.1) is 18.3 Å². The number of nitrogens with zero attached hydrogens (tertiary/aromatic N) is 1. The number of rotatable bonds is 5. The molecule has 1 aromatic rings. The van der Waals surface area contributed by atoms with E-state index in [1.807, 2.05) is 60.4 Å². The van der Waals surface area contributed by atoms with E-state index in [4.69, 9.17) is 6.42 Å². The zero-order chi connectivity index (χ0) is 16.7. The number of likely N-dealkylation sites (tertiary alicyclic amines) is 1. The summed E-state index contributed by atoms with van der Waals surface area (Å²) in [5.74, 6) is 2.33. The summed E-state index contributed by atoms with van der Waals surface area (Å²) in [6.45, 7) is 3.45. The van der Waals surface area contributed by atoms with Crippen molar-refractivity contribution in [3.63, 3.8) is 0 Å². The van der Waals surface area contributed by atoms with Gasteiger partial charge in [-0.3, -0.25) is 9.69 Å². The predicted octanol–water partition coefficient (Wildman–Crippen LogP) is 3.66. The number of hydrogen-bond donors (Lipinski definition) is 1. The van der Waals surface area contributed by atoms with Crippen LogP contribution in [0.15, 0.2) is 54.1 Å². The third kappa shape index (κ3) is 4.34. The fraction of sp³-hybridized carbons (Fsp3) is 0.350. The van der Waals surface area contributed by atoms with Crippen molar-refractivity contribution in [2.75, 3.05) is 13.1 Å². The Labute approximate surface area is 138 Å². The second kappa shape index (κ2) is 8.36. The van der Waals surface area contributed by atoms with Crippen molar-refractivity contribution in [2.24, 2.45) is 5.92 Å². The number of hydrogen-bond acceptors (Lipinski definition) is 2. The first-order valence-electron chi connectivity index (χ1n) is 7.98. The average molecular weight is 309 g/mol. The molecule has 0 aliphatic carbocycles. The van der Waals surface area contributed by atoms with Crippen LogP contribution in [0.25, 0.3) is 0 Å². The quantitative estimate of drug-likeness (QED) is 0.666.